The Labute approximate surface area is 101 Å². The average Bonchev–Trinajstić information content (AvgIpc) is 2.24. The molecule has 1 heterocycles. The molecule has 1 N–H and O–H groups in total. The predicted octanol–water partition coefficient (Wildman–Crippen LogP) is 1.59. The summed E-state index contributed by atoms with van der Waals surface area (Å²) in [7, 11) is 4.01. The molecule has 1 rings (SSSR count). The molecule has 3 heteroatoms. The summed E-state index contributed by atoms with van der Waals surface area (Å²) in [4.78, 5) is 2.44. The van der Waals surface area contributed by atoms with Gasteiger partial charge >= 0.3 is 0 Å². The van der Waals surface area contributed by atoms with Crippen molar-refractivity contribution in [2.45, 2.75) is 32.7 Å². The van der Waals surface area contributed by atoms with E-state index in [0.717, 1.165) is 19.1 Å². The summed E-state index contributed by atoms with van der Waals surface area (Å²) in [5, 5.41) is 3.66. The van der Waals surface area contributed by atoms with E-state index in [4.69, 9.17) is 4.74 Å². The SMILES string of the molecule is COCC(NCC1CCCN(C)C1)C(C)C. The Kier molecular flexibility index (Phi) is 6.32. The summed E-state index contributed by atoms with van der Waals surface area (Å²) in [6.07, 6.45) is 2.72. The molecule has 96 valence electrons. The van der Waals surface area contributed by atoms with E-state index in [2.05, 4.69) is 31.1 Å². The van der Waals surface area contributed by atoms with Crippen LogP contribution in [-0.2, 0) is 4.74 Å². The van der Waals surface area contributed by atoms with E-state index in [1.165, 1.54) is 25.9 Å². The fraction of sp³-hybridized carbons (Fsp3) is 1.00. The Morgan fingerprint density at radius 3 is 2.75 bits per heavy atom. The van der Waals surface area contributed by atoms with Crippen molar-refractivity contribution in [3.8, 4) is 0 Å². The van der Waals surface area contributed by atoms with Gasteiger partial charge in [-0.3, -0.25) is 0 Å². The lowest BCUT2D eigenvalue weighted by molar-refractivity contribution is 0.136. The van der Waals surface area contributed by atoms with Gasteiger partial charge in [-0.1, -0.05) is 13.8 Å². The number of rotatable bonds is 6. The second kappa shape index (κ2) is 7.25. The molecule has 0 aromatic rings. The molecule has 1 saturated heterocycles. The van der Waals surface area contributed by atoms with Gasteiger partial charge in [-0.2, -0.15) is 0 Å². The number of piperidine rings is 1. The molecule has 2 unspecified atom stereocenters. The lowest BCUT2D eigenvalue weighted by Crippen LogP contribution is -2.44. The van der Waals surface area contributed by atoms with Crippen LogP contribution >= 0.6 is 0 Å². The molecule has 0 amide bonds. The van der Waals surface area contributed by atoms with Crippen molar-refractivity contribution in [3.05, 3.63) is 0 Å². The second-order valence-electron chi connectivity index (χ2n) is 5.48. The van der Waals surface area contributed by atoms with Crippen LogP contribution in [0.2, 0.25) is 0 Å². The number of nitrogens with zero attached hydrogens (tertiary/aromatic N) is 1. The molecular weight excluding hydrogens is 200 g/mol. The number of likely N-dealkylation sites (tertiary alicyclic amines) is 1. The van der Waals surface area contributed by atoms with Crippen molar-refractivity contribution < 1.29 is 4.74 Å². The zero-order valence-electron chi connectivity index (χ0n) is 11.3. The van der Waals surface area contributed by atoms with Crippen molar-refractivity contribution in [2.24, 2.45) is 11.8 Å². The van der Waals surface area contributed by atoms with E-state index in [1.807, 2.05) is 0 Å². The molecule has 0 aromatic heterocycles. The first-order valence-corrected chi connectivity index (χ1v) is 6.54. The van der Waals surface area contributed by atoms with Crippen LogP contribution in [0.4, 0.5) is 0 Å². The van der Waals surface area contributed by atoms with Gasteiger partial charge in [0.15, 0.2) is 0 Å². The summed E-state index contributed by atoms with van der Waals surface area (Å²) in [5.74, 6) is 1.46. The van der Waals surface area contributed by atoms with Crippen LogP contribution in [0.15, 0.2) is 0 Å². The van der Waals surface area contributed by atoms with Gasteiger partial charge in [0, 0.05) is 19.7 Å². The number of methoxy groups -OCH3 is 1. The van der Waals surface area contributed by atoms with Gasteiger partial charge in [0.2, 0.25) is 0 Å². The maximum atomic E-state index is 5.25. The number of nitrogens with one attached hydrogen (secondary N) is 1. The quantitative estimate of drug-likeness (QED) is 0.747. The third-order valence-corrected chi connectivity index (χ3v) is 3.54. The molecule has 0 radical (unpaired) electrons. The van der Waals surface area contributed by atoms with E-state index < -0.39 is 0 Å². The summed E-state index contributed by atoms with van der Waals surface area (Å²) in [5.41, 5.74) is 0. The summed E-state index contributed by atoms with van der Waals surface area (Å²) >= 11 is 0. The highest BCUT2D eigenvalue weighted by Crippen LogP contribution is 2.14. The highest BCUT2D eigenvalue weighted by molar-refractivity contribution is 4.76. The second-order valence-corrected chi connectivity index (χ2v) is 5.48. The van der Waals surface area contributed by atoms with Crippen molar-refractivity contribution in [2.75, 3.05) is 40.4 Å². The molecular formula is C13H28N2O. The lowest BCUT2D eigenvalue weighted by Gasteiger charge is -2.31. The van der Waals surface area contributed by atoms with Crippen LogP contribution in [0.5, 0.6) is 0 Å². The van der Waals surface area contributed by atoms with Crippen LogP contribution < -0.4 is 5.32 Å². The fourth-order valence-electron chi connectivity index (χ4n) is 2.42. The third-order valence-electron chi connectivity index (χ3n) is 3.54. The highest BCUT2D eigenvalue weighted by atomic mass is 16.5. The van der Waals surface area contributed by atoms with Crippen LogP contribution in [0.3, 0.4) is 0 Å². The largest absolute Gasteiger partial charge is 0.383 e. The van der Waals surface area contributed by atoms with Crippen molar-refractivity contribution in [1.82, 2.24) is 10.2 Å². The highest BCUT2D eigenvalue weighted by Gasteiger charge is 2.19. The minimum atomic E-state index is 0.497. The van der Waals surface area contributed by atoms with Gasteiger partial charge in [-0.25, -0.2) is 0 Å². The van der Waals surface area contributed by atoms with Crippen LogP contribution in [0, 0.1) is 11.8 Å². The number of ether oxygens (including phenoxy) is 1. The molecule has 3 nitrogen and oxygen atoms in total. The van der Waals surface area contributed by atoms with Gasteiger partial charge in [-0.15, -0.1) is 0 Å². The molecule has 0 aromatic carbocycles. The number of hydrogen-bond donors (Lipinski definition) is 1. The summed E-state index contributed by atoms with van der Waals surface area (Å²) < 4.78 is 5.25. The number of hydrogen-bond acceptors (Lipinski definition) is 3. The fourth-order valence-corrected chi connectivity index (χ4v) is 2.42. The Balaban J connectivity index is 2.25. The van der Waals surface area contributed by atoms with Crippen molar-refractivity contribution >= 4 is 0 Å². The van der Waals surface area contributed by atoms with Crippen molar-refractivity contribution in [1.29, 1.82) is 0 Å². The molecule has 0 aliphatic carbocycles. The minimum Gasteiger partial charge on any atom is -0.383 e. The van der Waals surface area contributed by atoms with E-state index in [1.54, 1.807) is 7.11 Å². The zero-order chi connectivity index (χ0) is 12.0. The molecule has 0 bridgehead atoms. The zero-order valence-corrected chi connectivity index (χ0v) is 11.3. The molecule has 16 heavy (non-hydrogen) atoms. The van der Waals surface area contributed by atoms with Gasteiger partial charge < -0.3 is 15.0 Å². The Hall–Kier alpha value is -0.120. The Morgan fingerprint density at radius 1 is 1.44 bits per heavy atom. The van der Waals surface area contributed by atoms with E-state index in [9.17, 15) is 0 Å². The molecule has 0 spiro atoms. The average molecular weight is 228 g/mol. The predicted molar refractivity (Wildman–Crippen MR) is 68.7 cm³/mol. The van der Waals surface area contributed by atoms with Gasteiger partial charge in [-0.05, 0) is 44.8 Å². The van der Waals surface area contributed by atoms with Crippen LogP contribution in [0.1, 0.15) is 26.7 Å². The first kappa shape index (κ1) is 13.9. The Morgan fingerprint density at radius 2 is 2.19 bits per heavy atom. The van der Waals surface area contributed by atoms with Crippen molar-refractivity contribution in [3.63, 3.8) is 0 Å². The maximum absolute atomic E-state index is 5.25. The normalized spacial score (nSPS) is 24.9. The molecule has 1 fully saturated rings. The molecule has 0 saturated carbocycles. The van der Waals surface area contributed by atoms with E-state index >= 15 is 0 Å². The van der Waals surface area contributed by atoms with Gasteiger partial charge in [0.1, 0.15) is 0 Å². The third kappa shape index (κ3) is 4.81. The van der Waals surface area contributed by atoms with Gasteiger partial charge in [0.05, 0.1) is 6.61 Å². The standard InChI is InChI=1S/C13H28N2O/c1-11(2)13(10-16-4)14-8-12-6-5-7-15(3)9-12/h11-14H,5-10H2,1-4H3. The summed E-state index contributed by atoms with van der Waals surface area (Å²) in [6, 6.07) is 0.497. The first-order valence-electron chi connectivity index (χ1n) is 6.54. The first-order chi connectivity index (χ1) is 7.63. The molecule has 1 aliphatic heterocycles. The summed E-state index contributed by atoms with van der Waals surface area (Å²) in [6.45, 7) is 8.97. The lowest BCUT2D eigenvalue weighted by atomic mass is 9.97. The van der Waals surface area contributed by atoms with E-state index in [-0.39, 0.29) is 0 Å². The smallest absolute Gasteiger partial charge is 0.0618 e. The minimum absolute atomic E-state index is 0.497. The monoisotopic (exact) mass is 228 g/mol. The van der Waals surface area contributed by atoms with E-state index in [0.29, 0.717) is 12.0 Å². The van der Waals surface area contributed by atoms with Crippen LogP contribution in [-0.4, -0.2) is 51.3 Å². The molecule has 2 atom stereocenters. The van der Waals surface area contributed by atoms with Gasteiger partial charge in [0.25, 0.3) is 0 Å². The van der Waals surface area contributed by atoms with Crippen LogP contribution in [0.25, 0.3) is 0 Å². The topological polar surface area (TPSA) is 24.5 Å². The Bertz CT molecular complexity index is 185. The maximum Gasteiger partial charge on any atom is 0.0618 e. The molecule has 1 aliphatic rings.